The Morgan fingerprint density at radius 3 is 2.82 bits per heavy atom. The minimum atomic E-state index is -1.13. The van der Waals surface area contributed by atoms with E-state index in [4.69, 9.17) is 9.84 Å². The molecule has 17 heavy (non-hydrogen) atoms. The SMILES string of the molecule is C=N/C=C1/N=C(C(=O)O)C=C(C(=C)OC)N1C. The molecule has 0 saturated carbocycles. The Balaban J connectivity index is 3.26. The third-order valence-corrected chi connectivity index (χ3v) is 2.17. The van der Waals surface area contributed by atoms with Gasteiger partial charge in [-0.1, -0.05) is 6.58 Å². The average Bonchev–Trinajstić information content (AvgIpc) is 2.30. The van der Waals surface area contributed by atoms with Crippen molar-refractivity contribution in [1.82, 2.24) is 4.90 Å². The van der Waals surface area contributed by atoms with Crippen LogP contribution in [0.25, 0.3) is 0 Å². The maximum atomic E-state index is 10.9. The Morgan fingerprint density at radius 1 is 1.71 bits per heavy atom. The van der Waals surface area contributed by atoms with E-state index in [0.29, 0.717) is 17.3 Å². The van der Waals surface area contributed by atoms with Gasteiger partial charge in [-0.05, 0) is 12.8 Å². The molecular formula is C11H13N3O3. The van der Waals surface area contributed by atoms with Gasteiger partial charge in [0.2, 0.25) is 0 Å². The van der Waals surface area contributed by atoms with Crippen LogP contribution in [0.5, 0.6) is 0 Å². The number of carboxylic acids is 1. The zero-order valence-corrected chi connectivity index (χ0v) is 9.67. The molecule has 0 aromatic carbocycles. The minimum Gasteiger partial charge on any atom is -0.495 e. The van der Waals surface area contributed by atoms with Crippen LogP contribution in [0.3, 0.4) is 0 Å². The summed E-state index contributed by atoms with van der Waals surface area (Å²) in [4.78, 5) is 20.0. The first-order valence-corrected chi connectivity index (χ1v) is 4.68. The molecule has 0 atom stereocenters. The molecule has 6 nitrogen and oxygen atoms in total. The van der Waals surface area contributed by atoms with Crippen molar-refractivity contribution in [3.63, 3.8) is 0 Å². The van der Waals surface area contributed by atoms with Crippen molar-refractivity contribution >= 4 is 18.4 Å². The molecule has 1 rings (SSSR count). The number of methoxy groups -OCH3 is 1. The highest BCUT2D eigenvalue weighted by molar-refractivity contribution is 6.41. The summed E-state index contributed by atoms with van der Waals surface area (Å²) in [5, 5.41) is 8.94. The van der Waals surface area contributed by atoms with Gasteiger partial charge >= 0.3 is 5.97 Å². The van der Waals surface area contributed by atoms with Gasteiger partial charge in [0.25, 0.3) is 0 Å². The van der Waals surface area contributed by atoms with Crippen molar-refractivity contribution < 1.29 is 14.6 Å². The summed E-state index contributed by atoms with van der Waals surface area (Å²) in [5.41, 5.74) is 0.404. The molecule has 1 N–H and O–H groups in total. The van der Waals surface area contributed by atoms with Gasteiger partial charge in [0, 0.05) is 7.05 Å². The van der Waals surface area contributed by atoms with Gasteiger partial charge in [0.05, 0.1) is 19.0 Å². The third-order valence-electron chi connectivity index (χ3n) is 2.17. The molecule has 0 saturated heterocycles. The Morgan fingerprint density at radius 2 is 2.35 bits per heavy atom. The molecular weight excluding hydrogens is 222 g/mol. The maximum Gasteiger partial charge on any atom is 0.354 e. The zero-order chi connectivity index (χ0) is 13.0. The van der Waals surface area contributed by atoms with Crippen molar-refractivity contribution in [2.75, 3.05) is 14.2 Å². The normalized spacial score (nSPS) is 17.3. The monoisotopic (exact) mass is 235 g/mol. The van der Waals surface area contributed by atoms with Crippen LogP contribution in [-0.2, 0) is 9.53 Å². The molecule has 0 unspecified atom stereocenters. The van der Waals surface area contributed by atoms with Crippen LogP contribution in [0.2, 0.25) is 0 Å². The average molecular weight is 235 g/mol. The fourth-order valence-electron chi connectivity index (χ4n) is 1.26. The van der Waals surface area contributed by atoms with Gasteiger partial charge in [-0.15, -0.1) is 0 Å². The summed E-state index contributed by atoms with van der Waals surface area (Å²) < 4.78 is 4.99. The van der Waals surface area contributed by atoms with E-state index in [1.807, 2.05) is 0 Å². The van der Waals surface area contributed by atoms with Crippen LogP contribution in [-0.4, -0.2) is 42.6 Å². The standard InChI is InChI=1S/C11H13N3O3/c1-7(17-4)9-5-8(11(15)16)13-10(6-12-2)14(9)3/h5-6H,1-2H2,3-4H3,(H,15,16)/b10-6-. The van der Waals surface area contributed by atoms with Crippen molar-refractivity contribution in [2.24, 2.45) is 9.98 Å². The summed E-state index contributed by atoms with van der Waals surface area (Å²) in [7, 11) is 3.16. The largest absolute Gasteiger partial charge is 0.495 e. The van der Waals surface area contributed by atoms with E-state index in [1.165, 1.54) is 19.4 Å². The molecule has 0 radical (unpaired) electrons. The van der Waals surface area contributed by atoms with Crippen LogP contribution in [0.15, 0.2) is 46.1 Å². The van der Waals surface area contributed by atoms with E-state index < -0.39 is 5.97 Å². The van der Waals surface area contributed by atoms with E-state index in [1.54, 1.807) is 11.9 Å². The number of carboxylic acid groups (broad SMARTS) is 1. The topological polar surface area (TPSA) is 74.5 Å². The van der Waals surface area contributed by atoms with Gasteiger partial charge in [0.15, 0.2) is 11.5 Å². The highest BCUT2D eigenvalue weighted by Crippen LogP contribution is 2.23. The predicted octanol–water partition coefficient (Wildman–Crippen LogP) is 1.00. The number of ether oxygens (including phenoxy) is 1. The first-order chi connectivity index (χ1) is 8.01. The van der Waals surface area contributed by atoms with Crippen LogP contribution in [0.4, 0.5) is 0 Å². The predicted molar refractivity (Wildman–Crippen MR) is 64.7 cm³/mol. The number of likely N-dealkylation sites (N-methyl/N-ethyl adjacent to an activating group) is 1. The molecule has 0 aliphatic carbocycles. The third kappa shape index (κ3) is 2.60. The lowest BCUT2D eigenvalue weighted by Gasteiger charge is -2.26. The van der Waals surface area contributed by atoms with E-state index >= 15 is 0 Å². The number of nitrogens with zero attached hydrogens (tertiary/aromatic N) is 3. The Kier molecular flexibility index (Phi) is 3.82. The van der Waals surface area contributed by atoms with Crippen LogP contribution < -0.4 is 0 Å². The summed E-state index contributed by atoms with van der Waals surface area (Å²) in [5.74, 6) is -0.432. The lowest BCUT2D eigenvalue weighted by atomic mass is 10.2. The lowest BCUT2D eigenvalue weighted by Crippen LogP contribution is -2.26. The smallest absolute Gasteiger partial charge is 0.354 e. The fraction of sp³-hybridized carbons (Fsp3) is 0.182. The van der Waals surface area contributed by atoms with Crippen molar-refractivity contribution in [3.05, 3.63) is 36.1 Å². The van der Waals surface area contributed by atoms with Crippen LogP contribution in [0.1, 0.15) is 0 Å². The summed E-state index contributed by atoms with van der Waals surface area (Å²) in [6.07, 6.45) is 2.74. The lowest BCUT2D eigenvalue weighted by molar-refractivity contribution is -0.129. The molecule has 0 fully saturated rings. The Bertz CT molecular complexity index is 461. The molecule has 1 heterocycles. The zero-order valence-electron chi connectivity index (χ0n) is 9.67. The van der Waals surface area contributed by atoms with E-state index in [2.05, 4.69) is 23.3 Å². The number of carbonyl (C=O) groups is 1. The Hall–Kier alpha value is -2.37. The minimum absolute atomic E-state index is 0.105. The van der Waals surface area contributed by atoms with Gasteiger partial charge in [-0.2, -0.15) is 0 Å². The molecule has 0 spiro atoms. The number of rotatable bonds is 4. The second-order valence-corrected chi connectivity index (χ2v) is 3.19. The summed E-state index contributed by atoms with van der Waals surface area (Å²) in [6.45, 7) is 6.99. The van der Waals surface area contributed by atoms with Crippen molar-refractivity contribution in [3.8, 4) is 0 Å². The summed E-state index contributed by atoms with van der Waals surface area (Å²) in [6, 6.07) is 0. The number of hydrogen-bond donors (Lipinski definition) is 1. The van der Waals surface area contributed by atoms with Gasteiger partial charge < -0.3 is 14.7 Å². The highest BCUT2D eigenvalue weighted by atomic mass is 16.5. The maximum absolute atomic E-state index is 10.9. The molecule has 0 aromatic heterocycles. The molecule has 0 amide bonds. The molecule has 0 aromatic rings. The number of aliphatic imine (C=N–C) groups is 2. The van der Waals surface area contributed by atoms with E-state index in [0.717, 1.165) is 0 Å². The van der Waals surface area contributed by atoms with E-state index in [9.17, 15) is 4.79 Å². The van der Waals surface area contributed by atoms with Gasteiger partial charge in [-0.25, -0.2) is 9.79 Å². The summed E-state index contributed by atoms with van der Waals surface area (Å²) >= 11 is 0. The first-order valence-electron chi connectivity index (χ1n) is 4.68. The van der Waals surface area contributed by atoms with Gasteiger partial charge in [0.1, 0.15) is 5.76 Å². The second-order valence-electron chi connectivity index (χ2n) is 3.19. The first kappa shape index (κ1) is 12.7. The molecule has 0 bridgehead atoms. The fourth-order valence-corrected chi connectivity index (χ4v) is 1.26. The molecule has 90 valence electrons. The quantitative estimate of drug-likeness (QED) is 0.582. The van der Waals surface area contributed by atoms with Crippen molar-refractivity contribution in [1.29, 1.82) is 0 Å². The number of aliphatic carboxylic acids is 1. The number of hydrogen-bond acceptors (Lipinski definition) is 5. The van der Waals surface area contributed by atoms with Crippen LogP contribution >= 0.6 is 0 Å². The highest BCUT2D eigenvalue weighted by Gasteiger charge is 2.22. The molecule has 1 aliphatic rings. The Labute approximate surface area is 98.9 Å². The van der Waals surface area contributed by atoms with Crippen molar-refractivity contribution in [2.45, 2.75) is 0 Å². The molecule has 6 heteroatoms. The van der Waals surface area contributed by atoms with E-state index in [-0.39, 0.29) is 5.71 Å². The van der Waals surface area contributed by atoms with Gasteiger partial charge in [-0.3, -0.25) is 4.99 Å². The second kappa shape index (κ2) is 5.11. The van der Waals surface area contributed by atoms with Crippen LogP contribution in [0, 0.1) is 0 Å². The molecule has 1 aliphatic heterocycles.